The second-order valence-corrected chi connectivity index (χ2v) is 7.84. The Hall–Kier alpha value is -2.44. The molecule has 0 bridgehead atoms. The first kappa shape index (κ1) is 18.9. The van der Waals surface area contributed by atoms with Crippen molar-refractivity contribution in [2.45, 2.75) is 50.5 Å². The summed E-state index contributed by atoms with van der Waals surface area (Å²) >= 11 is 0. The van der Waals surface area contributed by atoms with Gasteiger partial charge in [0.1, 0.15) is 5.54 Å². The van der Waals surface area contributed by atoms with Gasteiger partial charge in [-0.1, -0.05) is 55.8 Å². The van der Waals surface area contributed by atoms with E-state index in [0.29, 0.717) is 26.0 Å². The summed E-state index contributed by atoms with van der Waals surface area (Å²) < 4.78 is 6.05. The lowest BCUT2D eigenvalue weighted by molar-refractivity contribution is -0.144. The van der Waals surface area contributed by atoms with Gasteiger partial charge in [-0.15, -0.1) is 0 Å². The van der Waals surface area contributed by atoms with Crippen molar-refractivity contribution in [2.75, 3.05) is 6.54 Å². The summed E-state index contributed by atoms with van der Waals surface area (Å²) in [4.78, 5) is 24.1. The number of fused-ring (bicyclic) bond motifs is 1. The van der Waals surface area contributed by atoms with Crippen LogP contribution in [-0.2, 0) is 20.9 Å². The molecule has 0 radical (unpaired) electrons. The Bertz CT molecular complexity index is 894. The molecule has 2 aromatic rings. The van der Waals surface area contributed by atoms with Crippen LogP contribution in [0.15, 0.2) is 42.5 Å². The molecule has 2 unspecified atom stereocenters. The highest BCUT2D eigenvalue weighted by molar-refractivity contribution is 5.92. The summed E-state index contributed by atoms with van der Waals surface area (Å²) in [6.07, 6.45) is 1.74. The van der Waals surface area contributed by atoms with Crippen molar-refractivity contribution in [3.05, 3.63) is 48.0 Å². The van der Waals surface area contributed by atoms with Gasteiger partial charge in [-0.05, 0) is 35.1 Å². The van der Waals surface area contributed by atoms with E-state index in [-0.39, 0.29) is 17.9 Å². The molecule has 4 atom stereocenters. The molecule has 3 N–H and O–H groups in total. The molecule has 1 heterocycles. The molecule has 1 aliphatic carbocycles. The van der Waals surface area contributed by atoms with Gasteiger partial charge in [0.05, 0.1) is 18.8 Å². The minimum absolute atomic E-state index is 0.0220. The summed E-state index contributed by atoms with van der Waals surface area (Å²) in [6.45, 7) is 3.02. The van der Waals surface area contributed by atoms with Crippen LogP contribution < -0.4 is 10.6 Å². The number of rotatable bonds is 7. The Morgan fingerprint density at radius 3 is 2.79 bits per heavy atom. The molecule has 4 rings (SSSR count). The molecule has 6 nitrogen and oxygen atoms in total. The second kappa shape index (κ2) is 7.53. The number of ether oxygens (including phenoxy) is 1. The zero-order chi connectivity index (χ0) is 19.7. The van der Waals surface area contributed by atoms with E-state index in [4.69, 9.17) is 4.74 Å². The third-order valence-corrected chi connectivity index (χ3v) is 6.09. The zero-order valence-electron chi connectivity index (χ0n) is 16.0. The van der Waals surface area contributed by atoms with E-state index < -0.39 is 17.6 Å². The fourth-order valence-electron chi connectivity index (χ4n) is 4.25. The van der Waals surface area contributed by atoms with Gasteiger partial charge in [-0.3, -0.25) is 4.79 Å². The first-order valence-electron chi connectivity index (χ1n) is 9.90. The average molecular weight is 382 g/mol. The zero-order valence-corrected chi connectivity index (χ0v) is 16.0. The van der Waals surface area contributed by atoms with Gasteiger partial charge in [0.15, 0.2) is 0 Å². The van der Waals surface area contributed by atoms with Crippen LogP contribution in [0.4, 0.5) is 0 Å². The van der Waals surface area contributed by atoms with Gasteiger partial charge in [-0.25, -0.2) is 4.79 Å². The number of carboxylic acid groups (broad SMARTS) is 1. The monoisotopic (exact) mass is 382 g/mol. The van der Waals surface area contributed by atoms with Crippen LogP contribution >= 0.6 is 0 Å². The average Bonchev–Trinajstić information content (AvgIpc) is 3.22. The van der Waals surface area contributed by atoms with Crippen molar-refractivity contribution >= 4 is 22.6 Å². The molecule has 0 aromatic heterocycles. The maximum absolute atomic E-state index is 12.6. The minimum Gasteiger partial charge on any atom is -0.479 e. The lowest BCUT2D eigenvalue weighted by Gasteiger charge is -2.18. The van der Waals surface area contributed by atoms with Crippen molar-refractivity contribution in [3.8, 4) is 0 Å². The molecule has 148 valence electrons. The Kier molecular flexibility index (Phi) is 5.08. The van der Waals surface area contributed by atoms with Crippen LogP contribution in [0.1, 0.15) is 31.7 Å². The summed E-state index contributed by atoms with van der Waals surface area (Å²) in [5.74, 6) is -1.15. The maximum atomic E-state index is 12.6. The highest BCUT2D eigenvalue weighted by atomic mass is 16.5. The van der Waals surface area contributed by atoms with Crippen molar-refractivity contribution in [1.29, 1.82) is 0 Å². The normalized spacial score (nSPS) is 29.0. The number of carbonyl (C=O) groups excluding carboxylic acids is 1. The van der Waals surface area contributed by atoms with Crippen LogP contribution in [0.5, 0.6) is 0 Å². The molecule has 28 heavy (non-hydrogen) atoms. The summed E-state index contributed by atoms with van der Waals surface area (Å²) in [5.41, 5.74) is 0.0506. The van der Waals surface area contributed by atoms with Crippen molar-refractivity contribution in [3.63, 3.8) is 0 Å². The molecule has 1 saturated carbocycles. The molecule has 2 aromatic carbocycles. The van der Waals surface area contributed by atoms with E-state index in [2.05, 4.69) is 34.9 Å². The quantitative estimate of drug-likeness (QED) is 0.685. The van der Waals surface area contributed by atoms with Crippen LogP contribution in [0.3, 0.4) is 0 Å². The van der Waals surface area contributed by atoms with E-state index in [9.17, 15) is 14.7 Å². The van der Waals surface area contributed by atoms with Crippen molar-refractivity contribution in [1.82, 2.24) is 10.6 Å². The fourth-order valence-corrected chi connectivity index (χ4v) is 4.25. The smallest absolute Gasteiger partial charge is 0.329 e. The molecular formula is C22H26N2O4. The highest BCUT2D eigenvalue weighted by Crippen LogP contribution is 2.46. The highest BCUT2D eigenvalue weighted by Gasteiger charge is 2.61. The van der Waals surface area contributed by atoms with E-state index in [1.807, 2.05) is 25.1 Å². The molecule has 2 fully saturated rings. The van der Waals surface area contributed by atoms with E-state index in [1.165, 1.54) is 10.8 Å². The van der Waals surface area contributed by atoms with Crippen LogP contribution in [0, 0.1) is 5.92 Å². The minimum atomic E-state index is -1.07. The van der Waals surface area contributed by atoms with E-state index in [1.54, 1.807) is 0 Å². The third kappa shape index (κ3) is 3.50. The van der Waals surface area contributed by atoms with Crippen molar-refractivity contribution in [2.24, 2.45) is 5.92 Å². The number of carbonyl (C=O) groups is 2. The summed E-state index contributed by atoms with van der Waals surface area (Å²) in [6, 6.07) is 14.0. The molecular weight excluding hydrogens is 356 g/mol. The van der Waals surface area contributed by atoms with E-state index >= 15 is 0 Å². The number of carboxylic acids is 1. The number of aliphatic carboxylic acids is 1. The largest absolute Gasteiger partial charge is 0.479 e. The first-order chi connectivity index (χ1) is 13.5. The van der Waals surface area contributed by atoms with Gasteiger partial charge in [0.2, 0.25) is 5.91 Å². The van der Waals surface area contributed by atoms with E-state index in [0.717, 1.165) is 12.0 Å². The van der Waals surface area contributed by atoms with Crippen molar-refractivity contribution < 1.29 is 19.4 Å². The Morgan fingerprint density at radius 2 is 2.04 bits per heavy atom. The number of amides is 1. The number of hydrogen-bond acceptors (Lipinski definition) is 4. The molecule has 0 spiro atoms. The molecule has 1 aliphatic heterocycles. The fraction of sp³-hybridized carbons (Fsp3) is 0.455. The SMILES string of the molecule is CC[C@H]1CC1(NC(=O)C1C[C@@H](OCc2cccc3ccccc23)CN1)C(=O)O. The van der Waals surface area contributed by atoms with Crippen LogP contribution in [-0.4, -0.2) is 41.2 Å². The predicted molar refractivity (Wildman–Crippen MR) is 106 cm³/mol. The molecule has 1 saturated heterocycles. The van der Waals surface area contributed by atoms with Gasteiger partial charge in [0, 0.05) is 6.54 Å². The van der Waals surface area contributed by atoms with Gasteiger partial charge in [0.25, 0.3) is 0 Å². The third-order valence-electron chi connectivity index (χ3n) is 6.09. The summed E-state index contributed by atoms with van der Waals surface area (Å²) in [5, 5.41) is 17.8. The number of hydrogen-bond donors (Lipinski definition) is 3. The number of benzene rings is 2. The Morgan fingerprint density at radius 1 is 1.25 bits per heavy atom. The molecule has 2 aliphatic rings. The number of nitrogens with one attached hydrogen (secondary N) is 2. The van der Waals surface area contributed by atoms with Crippen LogP contribution in [0.2, 0.25) is 0 Å². The van der Waals surface area contributed by atoms with Gasteiger partial charge in [-0.2, -0.15) is 0 Å². The topological polar surface area (TPSA) is 87.7 Å². The lowest BCUT2D eigenvalue weighted by Crippen LogP contribution is -2.51. The first-order valence-corrected chi connectivity index (χ1v) is 9.90. The molecule has 1 amide bonds. The lowest BCUT2D eigenvalue weighted by atomic mass is 10.1. The van der Waals surface area contributed by atoms with Gasteiger partial charge < -0.3 is 20.5 Å². The Labute approximate surface area is 164 Å². The van der Waals surface area contributed by atoms with Crippen LogP contribution in [0.25, 0.3) is 10.8 Å². The predicted octanol–water partition coefficient (Wildman–Crippen LogP) is 2.46. The molecule has 6 heteroatoms. The summed E-state index contributed by atoms with van der Waals surface area (Å²) in [7, 11) is 0. The standard InChI is InChI=1S/C22H26N2O4/c1-2-16-11-22(16,21(26)27)24-20(25)19-10-17(12-23-19)28-13-15-8-5-7-14-6-3-4-9-18(14)15/h3-9,16-17,19,23H,2,10-13H2,1H3,(H,24,25)(H,26,27)/t16-,17+,19?,22?/m0/s1. The maximum Gasteiger partial charge on any atom is 0.329 e. The second-order valence-electron chi connectivity index (χ2n) is 7.84. The Balaban J connectivity index is 1.33. The van der Waals surface area contributed by atoms with Gasteiger partial charge >= 0.3 is 5.97 Å².